The van der Waals surface area contributed by atoms with Gasteiger partial charge in [-0.05, 0) is 32.1 Å². The first-order chi connectivity index (χ1) is 10.2. The fourth-order valence-corrected chi connectivity index (χ4v) is 3.39. The lowest BCUT2D eigenvalue weighted by Crippen LogP contribution is -2.58. The first-order valence-electron chi connectivity index (χ1n) is 8.34. The van der Waals surface area contributed by atoms with Crippen LogP contribution in [-0.4, -0.2) is 55.9 Å². The zero-order valence-corrected chi connectivity index (χ0v) is 13.3. The van der Waals surface area contributed by atoms with Gasteiger partial charge < -0.3 is 20.1 Å². The summed E-state index contributed by atoms with van der Waals surface area (Å²) in [4.78, 5) is 14.6. The number of rotatable bonds is 6. The van der Waals surface area contributed by atoms with E-state index in [1.54, 1.807) is 7.11 Å². The number of methoxy groups -OCH3 is 1. The lowest BCUT2D eigenvalue weighted by molar-refractivity contribution is -0.141. The number of nitrogens with two attached hydrogens (primary N) is 1. The van der Waals surface area contributed by atoms with Gasteiger partial charge in [0.1, 0.15) is 0 Å². The Hall–Kier alpha value is -0.650. The molecule has 0 bridgehead atoms. The van der Waals surface area contributed by atoms with Gasteiger partial charge in [-0.1, -0.05) is 19.3 Å². The smallest absolute Gasteiger partial charge is 0.242 e. The summed E-state index contributed by atoms with van der Waals surface area (Å²) in [6.45, 7) is 3.06. The number of carbonyl (C=O) groups excluding carboxylic acids is 1. The van der Waals surface area contributed by atoms with E-state index >= 15 is 0 Å². The summed E-state index contributed by atoms with van der Waals surface area (Å²) >= 11 is 0. The van der Waals surface area contributed by atoms with Crippen molar-refractivity contribution in [3.63, 3.8) is 0 Å². The van der Waals surface area contributed by atoms with Crippen molar-refractivity contribution in [2.45, 2.75) is 63.0 Å². The van der Waals surface area contributed by atoms with Crippen LogP contribution in [-0.2, 0) is 14.3 Å². The average Bonchev–Trinajstić information content (AvgIpc) is 2.52. The van der Waals surface area contributed by atoms with Gasteiger partial charge in [-0.15, -0.1) is 0 Å². The second kappa shape index (κ2) is 8.11. The Labute approximate surface area is 128 Å². The van der Waals surface area contributed by atoms with Crippen LogP contribution < -0.4 is 5.73 Å². The van der Waals surface area contributed by atoms with Crippen molar-refractivity contribution < 1.29 is 14.3 Å². The zero-order chi connectivity index (χ0) is 15.1. The van der Waals surface area contributed by atoms with Crippen LogP contribution in [0.25, 0.3) is 0 Å². The number of amides is 1. The van der Waals surface area contributed by atoms with E-state index < -0.39 is 5.54 Å². The van der Waals surface area contributed by atoms with Crippen LogP contribution in [0.5, 0.6) is 0 Å². The fraction of sp³-hybridized carbons (Fsp3) is 0.938. The van der Waals surface area contributed by atoms with Crippen molar-refractivity contribution in [3.8, 4) is 0 Å². The largest absolute Gasteiger partial charge is 0.385 e. The number of hydrogen-bond donors (Lipinski definition) is 1. The van der Waals surface area contributed by atoms with E-state index in [1.807, 2.05) is 4.90 Å². The molecule has 1 saturated carbocycles. The summed E-state index contributed by atoms with van der Waals surface area (Å²) in [6, 6.07) is 0. The van der Waals surface area contributed by atoms with Gasteiger partial charge in [0.05, 0.1) is 11.6 Å². The molecule has 0 radical (unpaired) electrons. The molecule has 2 rings (SSSR count). The molecule has 1 heterocycles. The van der Waals surface area contributed by atoms with E-state index in [4.69, 9.17) is 15.2 Å². The highest BCUT2D eigenvalue weighted by Gasteiger charge is 2.39. The third-order valence-electron chi connectivity index (χ3n) is 4.75. The molecule has 0 atom stereocenters. The topological polar surface area (TPSA) is 64.8 Å². The van der Waals surface area contributed by atoms with Gasteiger partial charge in [0.15, 0.2) is 0 Å². The molecule has 0 aromatic heterocycles. The minimum atomic E-state index is -0.593. The monoisotopic (exact) mass is 298 g/mol. The first-order valence-corrected chi connectivity index (χ1v) is 8.34. The summed E-state index contributed by atoms with van der Waals surface area (Å²) in [5, 5.41) is 0. The molecule has 1 saturated heterocycles. The molecule has 0 aromatic carbocycles. The number of carbonyl (C=O) groups is 1. The summed E-state index contributed by atoms with van der Waals surface area (Å²) in [5.74, 6) is 0.167. The fourth-order valence-electron chi connectivity index (χ4n) is 3.39. The molecule has 0 spiro atoms. The molecule has 2 N–H and O–H groups in total. The van der Waals surface area contributed by atoms with Crippen LogP contribution in [0.4, 0.5) is 0 Å². The number of piperidine rings is 1. The molecule has 2 fully saturated rings. The van der Waals surface area contributed by atoms with Gasteiger partial charge in [0.2, 0.25) is 5.91 Å². The Bertz CT molecular complexity index is 321. The summed E-state index contributed by atoms with van der Waals surface area (Å²) < 4.78 is 10.8. The molecule has 2 aliphatic rings. The number of hydrogen-bond acceptors (Lipinski definition) is 4. The predicted molar refractivity (Wildman–Crippen MR) is 82.1 cm³/mol. The maximum atomic E-state index is 12.6. The van der Waals surface area contributed by atoms with Gasteiger partial charge in [0.25, 0.3) is 0 Å². The van der Waals surface area contributed by atoms with E-state index in [-0.39, 0.29) is 12.0 Å². The minimum Gasteiger partial charge on any atom is -0.385 e. The summed E-state index contributed by atoms with van der Waals surface area (Å²) in [6.07, 6.45) is 8.14. The van der Waals surface area contributed by atoms with Crippen LogP contribution >= 0.6 is 0 Å². The quantitative estimate of drug-likeness (QED) is 0.758. The van der Waals surface area contributed by atoms with Crippen LogP contribution in [0.1, 0.15) is 51.4 Å². The zero-order valence-electron chi connectivity index (χ0n) is 13.3. The number of nitrogens with zero attached hydrogens (tertiary/aromatic N) is 1. The Kier molecular flexibility index (Phi) is 6.45. The van der Waals surface area contributed by atoms with E-state index in [2.05, 4.69) is 0 Å². The normalized spacial score (nSPS) is 23.2. The summed E-state index contributed by atoms with van der Waals surface area (Å²) in [7, 11) is 1.71. The van der Waals surface area contributed by atoms with Gasteiger partial charge in [-0.3, -0.25) is 4.79 Å². The highest BCUT2D eigenvalue weighted by Crippen LogP contribution is 2.29. The van der Waals surface area contributed by atoms with Gasteiger partial charge in [-0.25, -0.2) is 0 Å². The van der Waals surface area contributed by atoms with Crippen molar-refractivity contribution in [3.05, 3.63) is 0 Å². The predicted octanol–water partition coefficient (Wildman–Crippen LogP) is 1.69. The average molecular weight is 298 g/mol. The van der Waals surface area contributed by atoms with E-state index in [0.29, 0.717) is 0 Å². The summed E-state index contributed by atoms with van der Waals surface area (Å²) in [5.41, 5.74) is 5.75. The van der Waals surface area contributed by atoms with E-state index in [1.165, 1.54) is 6.42 Å². The molecule has 1 amide bonds. The van der Waals surface area contributed by atoms with E-state index in [0.717, 1.165) is 71.2 Å². The first kappa shape index (κ1) is 16.7. The Morgan fingerprint density at radius 3 is 2.48 bits per heavy atom. The number of ether oxygens (including phenoxy) is 2. The van der Waals surface area contributed by atoms with Crippen molar-refractivity contribution in [1.82, 2.24) is 4.90 Å². The molecule has 0 unspecified atom stereocenters. The standard InChI is InChI=1S/C16H30N2O3/c1-20-12-5-13-21-14-6-10-18(11-7-14)15(19)16(17)8-3-2-4-9-16/h14H,2-13,17H2,1H3. The molecule has 1 aliphatic carbocycles. The third-order valence-corrected chi connectivity index (χ3v) is 4.75. The minimum absolute atomic E-state index is 0.167. The Morgan fingerprint density at radius 2 is 1.86 bits per heavy atom. The second-order valence-corrected chi connectivity index (χ2v) is 6.43. The van der Waals surface area contributed by atoms with Crippen molar-refractivity contribution in [1.29, 1.82) is 0 Å². The SMILES string of the molecule is COCCCOC1CCN(C(=O)C2(N)CCCCC2)CC1. The highest BCUT2D eigenvalue weighted by molar-refractivity contribution is 5.86. The molecular weight excluding hydrogens is 268 g/mol. The molecule has 5 heteroatoms. The van der Waals surface area contributed by atoms with Crippen LogP contribution in [0.3, 0.4) is 0 Å². The molecule has 0 aromatic rings. The van der Waals surface area contributed by atoms with Crippen molar-refractivity contribution in [2.24, 2.45) is 5.73 Å². The molecule has 122 valence electrons. The molecule has 21 heavy (non-hydrogen) atoms. The number of likely N-dealkylation sites (tertiary alicyclic amines) is 1. The van der Waals surface area contributed by atoms with Gasteiger partial charge in [0, 0.05) is 33.4 Å². The Balaban J connectivity index is 1.71. The Morgan fingerprint density at radius 1 is 1.19 bits per heavy atom. The lowest BCUT2D eigenvalue weighted by atomic mass is 9.81. The van der Waals surface area contributed by atoms with Gasteiger partial charge >= 0.3 is 0 Å². The molecule has 1 aliphatic heterocycles. The highest BCUT2D eigenvalue weighted by atomic mass is 16.5. The molecular formula is C16H30N2O3. The van der Waals surface area contributed by atoms with Crippen LogP contribution in [0.2, 0.25) is 0 Å². The van der Waals surface area contributed by atoms with Gasteiger partial charge in [-0.2, -0.15) is 0 Å². The third kappa shape index (κ3) is 4.66. The molecule has 5 nitrogen and oxygen atoms in total. The van der Waals surface area contributed by atoms with Crippen molar-refractivity contribution >= 4 is 5.91 Å². The second-order valence-electron chi connectivity index (χ2n) is 6.43. The van der Waals surface area contributed by atoms with E-state index in [9.17, 15) is 4.79 Å². The lowest BCUT2D eigenvalue weighted by Gasteiger charge is -2.40. The maximum absolute atomic E-state index is 12.6. The van der Waals surface area contributed by atoms with Crippen LogP contribution in [0, 0.1) is 0 Å². The van der Waals surface area contributed by atoms with Crippen LogP contribution in [0.15, 0.2) is 0 Å². The maximum Gasteiger partial charge on any atom is 0.242 e. The van der Waals surface area contributed by atoms with Crippen molar-refractivity contribution in [2.75, 3.05) is 33.4 Å².